The van der Waals surface area contributed by atoms with Crippen molar-refractivity contribution in [2.45, 2.75) is 301 Å². The number of amides is 4. The van der Waals surface area contributed by atoms with Crippen LogP contribution in [0.15, 0.2) is 71.9 Å². The second-order valence-corrected chi connectivity index (χ2v) is 45.9. The summed E-state index contributed by atoms with van der Waals surface area (Å²) in [6.07, 6.45) is 12.1. The second kappa shape index (κ2) is 48.3. The molecule has 12 rings (SSSR count). The molecule has 6 saturated carbocycles. The van der Waals surface area contributed by atoms with Gasteiger partial charge in [-0.05, 0) is 193 Å². The number of primary amides is 1. The Morgan fingerprint density at radius 2 is 1.40 bits per heavy atom. The van der Waals surface area contributed by atoms with Gasteiger partial charge >= 0.3 is 35.5 Å². The summed E-state index contributed by atoms with van der Waals surface area (Å²) >= 11 is 0.207. The molecule has 0 spiro atoms. The number of nitrogens with two attached hydrogens (primary N) is 1. The number of phosphoric ester groups is 3. The van der Waals surface area contributed by atoms with Crippen molar-refractivity contribution in [3.05, 3.63) is 83.0 Å². The first-order chi connectivity index (χ1) is 64.0. The Morgan fingerprint density at radius 3 is 2.03 bits per heavy atom. The van der Waals surface area contributed by atoms with Gasteiger partial charge in [-0.2, -0.15) is 31.3 Å². The van der Waals surface area contributed by atoms with E-state index in [2.05, 4.69) is 46.6 Å². The molecular weight excluding hydrogens is 1910 g/mol. The van der Waals surface area contributed by atoms with Gasteiger partial charge in [0.25, 0.3) is 0 Å². The number of ketones is 5. The zero-order valence-corrected chi connectivity index (χ0v) is 86.5. The lowest BCUT2D eigenvalue weighted by atomic mass is 9.44. The second-order valence-electron chi connectivity index (χ2n) is 40.6. The van der Waals surface area contributed by atoms with E-state index in [1.165, 1.54) is 45.0 Å². The maximum atomic E-state index is 18.9. The zero-order valence-electron chi connectivity index (χ0n) is 81.0. The lowest BCUT2D eigenvalue weighted by Crippen LogP contribution is -2.71. The molecule has 8 unspecified atom stereocenters. The number of nitrogens with one attached hydrogen (secondary N) is 3. The molecule has 770 valence electrons. The van der Waals surface area contributed by atoms with Crippen LogP contribution in [0.2, 0.25) is 0 Å². The fourth-order valence-electron chi connectivity index (χ4n) is 23.6. The predicted octanol–water partition coefficient (Wildman–Crippen LogP) is 13.5. The molecule has 26 atom stereocenters. The highest BCUT2D eigenvalue weighted by molar-refractivity contribution is 8.13. The summed E-state index contributed by atoms with van der Waals surface area (Å²) in [6.45, 7) is 14.2. The van der Waals surface area contributed by atoms with E-state index in [0.717, 1.165) is 94.4 Å². The van der Waals surface area contributed by atoms with E-state index < -0.39 is 201 Å². The first kappa shape index (κ1) is 116. The molecule has 0 bridgehead atoms. The number of nitrogens with zero attached hydrogens (tertiary/aromatic N) is 1. The highest BCUT2D eigenvalue weighted by Crippen LogP contribution is 2.76. The maximum Gasteiger partial charge on any atom is 0.481 e. The summed E-state index contributed by atoms with van der Waals surface area (Å²) in [6, 6.07) is 2.73. The first-order valence-electron chi connectivity index (χ1n) is 47.8. The molecule has 1 aromatic rings. The third-order valence-corrected chi connectivity index (χ3v) is 34.4. The summed E-state index contributed by atoms with van der Waals surface area (Å²) in [4.78, 5) is 165. The molecular formula is C97H142F3N5O27P3S3+. The molecule has 41 heteroatoms. The number of Topliss-reactive ketones (excluding diaryl/α,β-unsaturated/α-hetero) is 3. The number of alkyl halides is 3. The molecule has 1 aromatic carbocycles. The minimum absolute atomic E-state index is 0. The number of hydrogen-bond acceptors (Lipinski definition) is 25. The summed E-state index contributed by atoms with van der Waals surface area (Å²) in [7, 11) is -10.6. The van der Waals surface area contributed by atoms with E-state index in [0.29, 0.717) is 42.3 Å². The number of likely N-dealkylation sites (N-methyl/N-ethyl adjacent to an activating group) is 1. The van der Waals surface area contributed by atoms with Gasteiger partial charge < -0.3 is 69.6 Å². The van der Waals surface area contributed by atoms with Crippen molar-refractivity contribution in [3.8, 4) is 23.7 Å². The smallest absolute Gasteiger partial charge is 0.449 e. The number of rotatable bonds is 42. The number of carbonyl (C=O) groups is 10. The van der Waals surface area contributed by atoms with Gasteiger partial charge in [0.15, 0.2) is 52.1 Å². The number of esters is 1. The molecule has 138 heavy (non-hydrogen) atoms. The number of benzene rings is 1. The Kier molecular flexibility index (Phi) is 40.5. The van der Waals surface area contributed by atoms with Gasteiger partial charge in [0.05, 0.1) is 46.0 Å². The van der Waals surface area contributed by atoms with Gasteiger partial charge in [-0.15, -0.1) is 11.8 Å². The Balaban J connectivity index is 0.000000323. The van der Waals surface area contributed by atoms with Crippen molar-refractivity contribution in [2.75, 3.05) is 66.6 Å². The third kappa shape index (κ3) is 26.4. The molecule has 0 radical (unpaired) electrons. The van der Waals surface area contributed by atoms with Gasteiger partial charge in [0.2, 0.25) is 16.9 Å². The van der Waals surface area contributed by atoms with E-state index in [1.807, 2.05) is 41.1 Å². The monoisotopic (exact) mass is 2050 g/mol. The van der Waals surface area contributed by atoms with E-state index in [4.69, 9.17) is 51.8 Å². The number of hydrogen-bond donors (Lipinski definition) is 8. The number of fused-ring (bicyclic) bond motifs is 12. The van der Waals surface area contributed by atoms with Gasteiger partial charge in [-0.25, -0.2) is 31.7 Å². The van der Waals surface area contributed by atoms with Crippen LogP contribution in [0, 0.1) is 92.7 Å². The Bertz CT molecular complexity index is 5010. The van der Waals surface area contributed by atoms with Crippen molar-refractivity contribution in [3.63, 3.8) is 0 Å². The molecule has 32 nitrogen and oxygen atoms in total. The van der Waals surface area contributed by atoms with Gasteiger partial charge in [0.1, 0.15) is 63.0 Å². The molecule has 11 aliphatic rings. The summed E-state index contributed by atoms with van der Waals surface area (Å²) in [5, 5.41) is 19.1. The topological polar surface area (TPSA) is 457 Å². The Hall–Kier alpha value is -6.03. The number of carbonyl (C=O) groups excluding carboxylic acids is 10. The van der Waals surface area contributed by atoms with Gasteiger partial charge in [0, 0.05) is 90.5 Å². The first-order valence-corrected chi connectivity index (χ1v) is 53.2. The van der Waals surface area contributed by atoms with Crippen molar-refractivity contribution in [2.24, 2.45) is 74.7 Å². The van der Waals surface area contributed by atoms with E-state index >= 15 is 8.78 Å². The van der Waals surface area contributed by atoms with Crippen LogP contribution in [-0.2, 0) is 116 Å². The van der Waals surface area contributed by atoms with Gasteiger partial charge in [-0.1, -0.05) is 128 Å². The predicted molar refractivity (Wildman–Crippen MR) is 516 cm³/mol. The lowest BCUT2D eigenvalue weighted by molar-refractivity contribution is -0.873. The standard InChI is InChI=1S/C55H74F3N3O16P2S.C42H63N2O11P.2H2S/c1-7-48(65)75-55(50(67)80-32-56)34(4)24-41-42-28-44(57)43-27-37(62)21-22-52(43,5)54(42,58)47(29-53(41,55)6)76-79(71,72)77-78(69,70)74-30-36-19-17-35(18-20-36)25-46(64)45(16-13-23-60-51(59)68)61-49(66)40(33(2)3)26-38(63)31-73-39-14-11-9-8-10-12-15-39;1-7-13-38-53-36-23-33-32-17-16-28-22-29(45)18-20-40(28,2)39(32)34(46)24-41(33,3)42(36,54-38)35(47)26-52-56(49,50)55-31(25-44(4,5)6)19-21-43-37(48)27-51-30-14-11-9-8-10-12-15-30;;/h17-22,27,33-34,39-42,44-45,47H,7-11,13-14,16,23-26,28-32H2,1-6H3,(H,61,66)(H,69,70)(H,71,72)(H3,59,60,68);18,20,22,30-34,36,38-39,46H,7-11,13-14,16-17,19,21,23-27H2,1-6H3,(H-,43,48,49,50);2*1H2/p+1/t34-,39?,40+,41+,42+,44+,45+,47+,52+,53+,54+,55+;30?,31?,32-,33-,34-,36+,38?,39+,40-,41-,42?;;/m10../s1. The highest BCUT2D eigenvalue weighted by atomic mass is 32.2. The van der Waals surface area contributed by atoms with Crippen molar-refractivity contribution in [1.29, 1.82) is 0 Å². The minimum Gasteiger partial charge on any atom is -0.449 e. The number of aliphatic hydroxyl groups is 1. The number of quaternary nitrogens is 1. The number of phosphoric acid groups is 3. The highest BCUT2D eigenvalue weighted by Gasteiger charge is 2.80. The molecule has 0 aromatic heterocycles. The Morgan fingerprint density at radius 1 is 0.754 bits per heavy atom. The van der Waals surface area contributed by atoms with Crippen LogP contribution in [0.4, 0.5) is 18.0 Å². The van der Waals surface area contributed by atoms with Gasteiger partial charge in [-0.3, -0.25) is 61.2 Å². The molecule has 10 aliphatic carbocycles. The number of thioether (sulfide) groups is 1. The molecule has 4 amide bonds. The Labute approximate surface area is 825 Å². The number of allylic oxidation sites excluding steroid dienone is 8. The molecule has 1 heterocycles. The number of aliphatic hydroxyl groups excluding tert-OH is 1. The quantitative estimate of drug-likeness (QED) is 0.00990. The molecule has 9 N–H and O–H groups in total. The van der Waals surface area contributed by atoms with Crippen LogP contribution in [0.25, 0.3) is 0 Å². The van der Waals surface area contributed by atoms with E-state index in [-0.39, 0.29) is 181 Å². The minimum atomic E-state index is -5.96. The van der Waals surface area contributed by atoms with Crippen molar-refractivity contribution in [1.82, 2.24) is 16.0 Å². The summed E-state index contributed by atoms with van der Waals surface area (Å²) in [5.41, 5.74) is -5.14. The van der Waals surface area contributed by atoms with Crippen LogP contribution in [0.1, 0.15) is 228 Å². The maximum absolute atomic E-state index is 18.9. The average molecular weight is 2060 g/mol. The largest absolute Gasteiger partial charge is 0.481 e. The number of ether oxygens (including phenoxy) is 5. The normalized spacial score (nSPS) is 33.5. The molecule has 1 aliphatic heterocycles. The summed E-state index contributed by atoms with van der Waals surface area (Å²) < 4.78 is 148. The van der Waals surface area contributed by atoms with Crippen LogP contribution in [-0.4, -0.2) is 221 Å². The average Bonchev–Trinajstić information content (AvgIpc) is 1.39. The lowest BCUT2D eigenvalue weighted by Gasteiger charge is -2.63. The zero-order chi connectivity index (χ0) is 99.5. The van der Waals surface area contributed by atoms with Crippen molar-refractivity contribution >= 4 is 120 Å². The van der Waals surface area contributed by atoms with E-state index in [1.54, 1.807) is 32.9 Å². The fourth-order valence-corrected chi connectivity index (χ4v) is 27.5. The number of urea groups is 1. The van der Waals surface area contributed by atoms with E-state index in [9.17, 15) is 85.8 Å². The van der Waals surface area contributed by atoms with Crippen molar-refractivity contribution < 1.29 is 145 Å². The molecule has 7 fully saturated rings. The molecule has 1 saturated heterocycles. The number of halogens is 3. The van der Waals surface area contributed by atoms with Crippen LogP contribution in [0.5, 0.6) is 0 Å². The third-order valence-electron chi connectivity index (χ3n) is 30.1. The fraction of sp³-hybridized carbons (Fsp3) is 0.711. The van der Waals surface area contributed by atoms with Crippen LogP contribution < -0.4 is 21.7 Å². The summed E-state index contributed by atoms with van der Waals surface area (Å²) in [5.74, 6) is 4.00. The van der Waals surface area contributed by atoms with Crippen LogP contribution >= 0.6 is 62.2 Å². The van der Waals surface area contributed by atoms with Crippen LogP contribution in [0.3, 0.4) is 0 Å². The SMILES string of the molecule is CCC(=O)O[C@]1(C(=O)SCF)[C@H](C)C[C@H]2[C@@H]3C[C@H](F)C4=CC(=O)C=C[C@]4(C)[C@@]3(F)[C@@H](OP(=O)(O)OP(=O)(O)OCc3ccc(CC(=O)[C@H](CCCNC(N)=O)NC(=O)[C@@H](CC(=O)COC4C#CCCCCC4)C(C)C)cc3)C[C@@]21C.CCCC1O[C@@H]2C[C@H]3[C@@H]4CCC5=CC(=O)C=C[C@]5(C)[C@H]4[C@@H](O)C[C@]3(C)C2(C(=O)COP(=O)(O)OC(CCNC(=O)COC2C#CCCCCC2)C[N+](C)(C)C)O1.S.S.